The van der Waals surface area contributed by atoms with Crippen molar-refractivity contribution >= 4 is 18.5 Å². The predicted molar refractivity (Wildman–Crippen MR) is 58.3 cm³/mol. The van der Waals surface area contributed by atoms with Gasteiger partial charge in [-0.2, -0.15) is 0 Å². The molecule has 14 heavy (non-hydrogen) atoms. The van der Waals surface area contributed by atoms with Crippen molar-refractivity contribution in [2.24, 2.45) is 10.7 Å². The second kappa shape index (κ2) is 4.15. The van der Waals surface area contributed by atoms with Crippen LogP contribution in [-0.2, 0) is 0 Å². The largest absolute Gasteiger partial charge is 0.324 e. The zero-order valence-corrected chi connectivity index (χ0v) is 8.13. The van der Waals surface area contributed by atoms with Gasteiger partial charge in [0, 0.05) is 23.2 Å². The topological polar surface area (TPSA) is 38.4 Å². The number of hydrogen-bond donors (Lipinski definition) is 1. The summed E-state index contributed by atoms with van der Waals surface area (Å²) in [6.07, 6.45) is 1.61. The highest BCUT2D eigenvalue weighted by molar-refractivity contribution is 5.66. The van der Waals surface area contributed by atoms with Crippen LogP contribution < -0.4 is 5.73 Å². The van der Waals surface area contributed by atoms with Gasteiger partial charge in [-0.1, -0.05) is 12.7 Å². The molecule has 2 N–H and O–H groups in total. The molecule has 1 atom stereocenters. The molecule has 2 nitrogen and oxygen atoms in total. The normalized spacial score (nSPS) is 12.2. The van der Waals surface area contributed by atoms with Crippen LogP contribution in [0.25, 0.3) is 6.08 Å². The third kappa shape index (κ3) is 1.88. The van der Waals surface area contributed by atoms with Crippen molar-refractivity contribution in [1.29, 1.82) is 0 Å². The standard InChI is InChI=1S/C11H13FN2/c1-4-8-5-9(7(2)13)10(12)6-11(8)14-3/h4-7H,1,3,13H2,2H3. The van der Waals surface area contributed by atoms with E-state index in [0.29, 0.717) is 11.3 Å². The van der Waals surface area contributed by atoms with E-state index in [0.717, 1.165) is 5.56 Å². The fourth-order valence-corrected chi connectivity index (χ4v) is 1.25. The molecule has 0 saturated carbocycles. The summed E-state index contributed by atoms with van der Waals surface area (Å²) in [5, 5.41) is 0. The van der Waals surface area contributed by atoms with Gasteiger partial charge in [0.1, 0.15) is 5.82 Å². The van der Waals surface area contributed by atoms with Crippen LogP contribution in [0, 0.1) is 5.82 Å². The second-order valence-corrected chi connectivity index (χ2v) is 3.08. The van der Waals surface area contributed by atoms with Crippen molar-refractivity contribution < 1.29 is 4.39 Å². The van der Waals surface area contributed by atoms with Crippen LogP contribution in [0.4, 0.5) is 10.1 Å². The molecule has 74 valence electrons. The number of rotatable bonds is 3. The third-order valence-electron chi connectivity index (χ3n) is 2.03. The molecule has 1 unspecified atom stereocenters. The molecule has 0 heterocycles. The van der Waals surface area contributed by atoms with E-state index < -0.39 is 0 Å². The Bertz CT molecular complexity index is 370. The maximum absolute atomic E-state index is 13.4. The highest BCUT2D eigenvalue weighted by Gasteiger charge is 2.10. The van der Waals surface area contributed by atoms with Gasteiger partial charge < -0.3 is 5.73 Å². The van der Waals surface area contributed by atoms with E-state index in [4.69, 9.17) is 5.73 Å². The first-order valence-corrected chi connectivity index (χ1v) is 4.28. The van der Waals surface area contributed by atoms with E-state index >= 15 is 0 Å². The van der Waals surface area contributed by atoms with E-state index in [2.05, 4.69) is 18.3 Å². The summed E-state index contributed by atoms with van der Waals surface area (Å²) in [5.74, 6) is -0.354. The van der Waals surface area contributed by atoms with Gasteiger partial charge in [-0.15, -0.1) is 0 Å². The summed E-state index contributed by atoms with van der Waals surface area (Å²) in [4.78, 5) is 3.70. The van der Waals surface area contributed by atoms with Crippen molar-refractivity contribution in [1.82, 2.24) is 0 Å². The molecule has 0 aliphatic rings. The maximum atomic E-state index is 13.4. The van der Waals surface area contributed by atoms with E-state index in [1.165, 1.54) is 6.07 Å². The van der Waals surface area contributed by atoms with Crippen LogP contribution in [0.15, 0.2) is 23.7 Å². The second-order valence-electron chi connectivity index (χ2n) is 3.08. The molecule has 0 radical (unpaired) electrons. The number of aliphatic imine (C=N–C) groups is 1. The van der Waals surface area contributed by atoms with Crippen LogP contribution in [0.3, 0.4) is 0 Å². The van der Waals surface area contributed by atoms with E-state index in [9.17, 15) is 4.39 Å². The molecule has 0 fully saturated rings. The summed E-state index contributed by atoms with van der Waals surface area (Å²) in [6.45, 7) is 8.71. The van der Waals surface area contributed by atoms with Crippen LogP contribution in [0.1, 0.15) is 24.1 Å². The lowest BCUT2D eigenvalue weighted by molar-refractivity contribution is 0.594. The molecule has 0 aliphatic carbocycles. The van der Waals surface area contributed by atoms with Gasteiger partial charge in [0.25, 0.3) is 0 Å². The lowest BCUT2D eigenvalue weighted by Crippen LogP contribution is -2.07. The number of nitrogens with two attached hydrogens (primary N) is 1. The minimum Gasteiger partial charge on any atom is -0.324 e. The average Bonchev–Trinajstić information content (AvgIpc) is 2.16. The molecule has 0 amide bonds. The van der Waals surface area contributed by atoms with E-state index in [1.54, 1.807) is 19.1 Å². The summed E-state index contributed by atoms with van der Waals surface area (Å²) >= 11 is 0. The SMILES string of the molecule is C=Cc1cc(C(C)N)c(F)cc1N=C. The van der Waals surface area contributed by atoms with E-state index in [-0.39, 0.29) is 11.9 Å². The zero-order chi connectivity index (χ0) is 10.7. The molecule has 0 saturated heterocycles. The Hall–Kier alpha value is -1.48. The van der Waals surface area contributed by atoms with Gasteiger partial charge in [-0.25, -0.2) is 4.39 Å². The lowest BCUT2D eigenvalue weighted by atomic mass is 10.0. The maximum Gasteiger partial charge on any atom is 0.130 e. The fourth-order valence-electron chi connectivity index (χ4n) is 1.25. The number of nitrogens with zero attached hydrogens (tertiary/aromatic N) is 1. The van der Waals surface area contributed by atoms with Crippen LogP contribution in [-0.4, -0.2) is 6.72 Å². The van der Waals surface area contributed by atoms with Crippen LogP contribution in [0.2, 0.25) is 0 Å². The Morgan fingerprint density at radius 3 is 2.64 bits per heavy atom. The molecule has 0 aliphatic heterocycles. The monoisotopic (exact) mass is 192 g/mol. The zero-order valence-electron chi connectivity index (χ0n) is 8.13. The summed E-state index contributed by atoms with van der Waals surface area (Å²) in [5.41, 5.74) is 7.31. The van der Waals surface area contributed by atoms with Gasteiger partial charge >= 0.3 is 0 Å². The lowest BCUT2D eigenvalue weighted by Gasteiger charge is -2.10. The Kier molecular flexibility index (Phi) is 3.14. The number of halogens is 1. The van der Waals surface area contributed by atoms with Crippen molar-refractivity contribution in [3.63, 3.8) is 0 Å². The molecule has 0 spiro atoms. The highest BCUT2D eigenvalue weighted by atomic mass is 19.1. The molecular formula is C11H13FN2. The van der Waals surface area contributed by atoms with Gasteiger partial charge in [0.15, 0.2) is 0 Å². The molecule has 0 bridgehead atoms. The fraction of sp³-hybridized carbons (Fsp3) is 0.182. The Balaban J connectivity index is 3.37. The minimum atomic E-state index is -0.354. The molecule has 0 aromatic heterocycles. The van der Waals surface area contributed by atoms with Crippen molar-refractivity contribution in [3.8, 4) is 0 Å². The third-order valence-corrected chi connectivity index (χ3v) is 2.03. The Morgan fingerprint density at radius 1 is 1.57 bits per heavy atom. The van der Waals surface area contributed by atoms with Gasteiger partial charge in [0.2, 0.25) is 0 Å². The van der Waals surface area contributed by atoms with Crippen LogP contribution in [0.5, 0.6) is 0 Å². The summed E-state index contributed by atoms with van der Waals surface area (Å²) in [7, 11) is 0. The first-order valence-electron chi connectivity index (χ1n) is 4.28. The van der Waals surface area contributed by atoms with E-state index in [1.807, 2.05) is 0 Å². The predicted octanol–water partition coefficient (Wildman–Crippen LogP) is 2.82. The van der Waals surface area contributed by atoms with Gasteiger partial charge in [-0.05, 0) is 19.7 Å². The minimum absolute atomic E-state index is 0.340. The average molecular weight is 192 g/mol. The first-order chi connectivity index (χ1) is 6.60. The summed E-state index contributed by atoms with van der Waals surface area (Å²) < 4.78 is 13.4. The number of benzene rings is 1. The molecule has 1 aromatic carbocycles. The highest BCUT2D eigenvalue weighted by Crippen LogP contribution is 2.26. The Morgan fingerprint density at radius 2 is 2.21 bits per heavy atom. The Labute approximate surface area is 83.0 Å². The van der Waals surface area contributed by atoms with Gasteiger partial charge in [-0.3, -0.25) is 4.99 Å². The first kappa shape index (κ1) is 10.6. The summed E-state index contributed by atoms with van der Waals surface area (Å²) in [6, 6.07) is 2.63. The molecular weight excluding hydrogens is 179 g/mol. The molecule has 1 rings (SSSR count). The van der Waals surface area contributed by atoms with Crippen molar-refractivity contribution in [2.45, 2.75) is 13.0 Å². The molecule has 1 aromatic rings. The van der Waals surface area contributed by atoms with Crippen molar-refractivity contribution in [2.75, 3.05) is 0 Å². The van der Waals surface area contributed by atoms with Gasteiger partial charge in [0.05, 0.1) is 5.69 Å². The van der Waals surface area contributed by atoms with Crippen molar-refractivity contribution in [3.05, 3.63) is 35.7 Å². The van der Waals surface area contributed by atoms with Crippen LogP contribution >= 0.6 is 0 Å². The number of hydrogen-bond acceptors (Lipinski definition) is 2. The smallest absolute Gasteiger partial charge is 0.130 e. The molecule has 3 heteroatoms. The quantitative estimate of drug-likeness (QED) is 0.735.